The second kappa shape index (κ2) is 3.89. The Morgan fingerprint density at radius 1 is 1.40 bits per heavy atom. The van der Waals surface area contributed by atoms with Crippen molar-refractivity contribution in [2.24, 2.45) is 0 Å². The molecule has 0 amide bonds. The summed E-state index contributed by atoms with van der Waals surface area (Å²) in [7, 11) is 0. The third-order valence-corrected chi connectivity index (χ3v) is 1.99. The first-order chi connectivity index (χ1) is 6.86. The fraction of sp³-hybridized carbons (Fsp3) is 0.400. The smallest absolute Gasteiger partial charge is 0.245 e. The summed E-state index contributed by atoms with van der Waals surface area (Å²) in [4.78, 5) is 3.50. The molecule has 0 N–H and O–H groups in total. The maximum absolute atomic E-state index is 12.5. The third-order valence-electron chi connectivity index (χ3n) is 1.99. The molecule has 0 aliphatic rings. The van der Waals surface area contributed by atoms with Crippen molar-refractivity contribution < 1.29 is 13.2 Å². The average molecular weight is 214 g/mol. The van der Waals surface area contributed by atoms with E-state index >= 15 is 0 Å². The fourth-order valence-corrected chi connectivity index (χ4v) is 1.10. The van der Waals surface area contributed by atoms with Crippen LogP contribution < -0.4 is 0 Å². The zero-order chi connectivity index (χ0) is 11.6. The van der Waals surface area contributed by atoms with E-state index in [1.165, 1.54) is 12.3 Å². The summed E-state index contributed by atoms with van der Waals surface area (Å²) in [5.41, 5.74) is -1.07. The van der Waals surface area contributed by atoms with Crippen LogP contribution in [0.25, 0.3) is 0 Å². The number of hydrogen-bond acceptors (Lipinski definition) is 2. The summed E-state index contributed by atoms with van der Waals surface area (Å²) in [6, 6.07) is 2.42. The Labute approximate surface area is 85.4 Å². The third kappa shape index (κ3) is 2.46. The number of nitriles is 1. The van der Waals surface area contributed by atoms with E-state index in [4.69, 9.17) is 5.26 Å². The molecule has 1 heterocycles. The quantitative estimate of drug-likeness (QED) is 0.720. The summed E-state index contributed by atoms with van der Waals surface area (Å²) >= 11 is 0. The van der Waals surface area contributed by atoms with Crippen LogP contribution in [0.5, 0.6) is 0 Å². The Hall–Kier alpha value is -1.57. The Morgan fingerprint density at radius 2 is 2.00 bits per heavy atom. The summed E-state index contributed by atoms with van der Waals surface area (Å²) in [5, 5.41) is 8.50. The Morgan fingerprint density at radius 3 is 2.40 bits per heavy atom. The van der Waals surface area contributed by atoms with Crippen molar-refractivity contribution in [1.82, 2.24) is 4.98 Å². The van der Waals surface area contributed by atoms with Gasteiger partial charge < -0.3 is 0 Å². The highest BCUT2D eigenvalue weighted by Gasteiger charge is 2.34. The van der Waals surface area contributed by atoms with Crippen molar-refractivity contribution in [3.8, 4) is 6.07 Å². The van der Waals surface area contributed by atoms with Gasteiger partial charge in [0.15, 0.2) is 5.69 Å². The maximum Gasteiger partial charge on any atom is 0.419 e. The minimum Gasteiger partial charge on any atom is -0.245 e. The van der Waals surface area contributed by atoms with Crippen molar-refractivity contribution in [1.29, 1.82) is 5.26 Å². The zero-order valence-corrected chi connectivity index (χ0v) is 8.26. The summed E-state index contributed by atoms with van der Waals surface area (Å²) in [6.07, 6.45) is -3.22. The van der Waals surface area contributed by atoms with Crippen LogP contribution in [0.2, 0.25) is 0 Å². The molecule has 1 rings (SSSR count). The molecular weight excluding hydrogens is 205 g/mol. The number of aromatic nitrogens is 1. The van der Waals surface area contributed by atoms with E-state index in [0.29, 0.717) is 5.56 Å². The largest absolute Gasteiger partial charge is 0.419 e. The molecule has 0 spiro atoms. The van der Waals surface area contributed by atoms with Gasteiger partial charge in [0.1, 0.15) is 6.07 Å². The maximum atomic E-state index is 12.5. The number of pyridine rings is 1. The van der Waals surface area contributed by atoms with Gasteiger partial charge in [-0.1, -0.05) is 13.8 Å². The van der Waals surface area contributed by atoms with Crippen LogP contribution in [0.15, 0.2) is 12.3 Å². The lowest BCUT2D eigenvalue weighted by molar-refractivity contribution is -0.138. The molecule has 15 heavy (non-hydrogen) atoms. The highest BCUT2D eigenvalue weighted by atomic mass is 19.4. The van der Waals surface area contributed by atoms with Gasteiger partial charge in [0.2, 0.25) is 0 Å². The van der Waals surface area contributed by atoms with E-state index < -0.39 is 17.4 Å². The van der Waals surface area contributed by atoms with Gasteiger partial charge in [0.25, 0.3) is 0 Å². The predicted octanol–water partition coefficient (Wildman–Crippen LogP) is 3.10. The van der Waals surface area contributed by atoms with E-state index in [2.05, 4.69) is 4.98 Å². The first-order valence-corrected chi connectivity index (χ1v) is 4.33. The molecule has 0 radical (unpaired) electrons. The number of hydrogen-bond donors (Lipinski definition) is 0. The lowest BCUT2D eigenvalue weighted by atomic mass is 10.0. The molecule has 0 bridgehead atoms. The molecule has 0 saturated carbocycles. The van der Waals surface area contributed by atoms with Gasteiger partial charge in [-0.15, -0.1) is 0 Å². The van der Waals surface area contributed by atoms with E-state index in [1.54, 1.807) is 13.8 Å². The van der Waals surface area contributed by atoms with E-state index in [9.17, 15) is 13.2 Å². The lowest BCUT2D eigenvalue weighted by Gasteiger charge is -2.11. The molecular formula is C10H9F3N2. The number of nitrogens with zero attached hydrogens (tertiary/aromatic N) is 2. The minimum atomic E-state index is -4.52. The zero-order valence-electron chi connectivity index (χ0n) is 8.26. The van der Waals surface area contributed by atoms with Crippen LogP contribution in [0.4, 0.5) is 13.2 Å². The molecule has 80 valence electrons. The molecule has 0 saturated heterocycles. The molecule has 0 aliphatic carbocycles. The molecule has 1 aromatic rings. The van der Waals surface area contributed by atoms with Crippen molar-refractivity contribution in [3.05, 3.63) is 29.1 Å². The van der Waals surface area contributed by atoms with Crippen LogP contribution in [0.1, 0.15) is 36.6 Å². The van der Waals surface area contributed by atoms with Gasteiger partial charge in [-0.25, -0.2) is 4.98 Å². The van der Waals surface area contributed by atoms with Crippen molar-refractivity contribution in [2.45, 2.75) is 25.9 Å². The van der Waals surface area contributed by atoms with Gasteiger partial charge in [-0.2, -0.15) is 18.4 Å². The highest BCUT2D eigenvalue weighted by molar-refractivity contribution is 5.36. The number of rotatable bonds is 1. The number of alkyl halides is 3. The molecule has 2 nitrogen and oxygen atoms in total. The first-order valence-electron chi connectivity index (χ1n) is 4.33. The Balaban J connectivity index is 3.34. The normalized spacial score (nSPS) is 11.5. The van der Waals surface area contributed by atoms with Gasteiger partial charge in [-0.05, 0) is 17.5 Å². The highest BCUT2D eigenvalue weighted by Crippen LogP contribution is 2.32. The second-order valence-electron chi connectivity index (χ2n) is 3.43. The van der Waals surface area contributed by atoms with Crippen LogP contribution in [-0.2, 0) is 6.18 Å². The summed E-state index contributed by atoms with van der Waals surface area (Å²) < 4.78 is 37.5. The van der Waals surface area contributed by atoms with Gasteiger partial charge in [-0.3, -0.25) is 0 Å². The monoisotopic (exact) mass is 214 g/mol. The van der Waals surface area contributed by atoms with E-state index in [0.717, 1.165) is 6.07 Å². The molecule has 1 aromatic heterocycles. The molecule has 5 heteroatoms. The lowest BCUT2D eigenvalue weighted by Crippen LogP contribution is -2.10. The molecule has 0 atom stereocenters. The van der Waals surface area contributed by atoms with E-state index in [-0.39, 0.29) is 5.92 Å². The van der Waals surface area contributed by atoms with Crippen molar-refractivity contribution in [3.63, 3.8) is 0 Å². The summed E-state index contributed by atoms with van der Waals surface area (Å²) in [5.74, 6) is -0.0497. The standard InChI is InChI=1S/C10H9F3N2/c1-6(2)7-3-8(10(11,12)13)9(4-14)15-5-7/h3,5-6H,1-2H3. The first kappa shape index (κ1) is 11.5. The van der Waals surface area contributed by atoms with Gasteiger partial charge >= 0.3 is 6.18 Å². The molecule has 0 aromatic carbocycles. The predicted molar refractivity (Wildman–Crippen MR) is 48.0 cm³/mol. The Bertz CT molecular complexity index is 402. The Kier molecular flexibility index (Phi) is 2.98. The van der Waals surface area contributed by atoms with Crippen LogP contribution in [0, 0.1) is 11.3 Å². The number of halogens is 3. The minimum absolute atomic E-state index is 0.0497. The van der Waals surface area contributed by atoms with Gasteiger partial charge in [0, 0.05) is 6.20 Å². The van der Waals surface area contributed by atoms with Gasteiger partial charge in [0.05, 0.1) is 5.56 Å². The van der Waals surface area contributed by atoms with Crippen LogP contribution >= 0.6 is 0 Å². The van der Waals surface area contributed by atoms with E-state index in [1.807, 2.05) is 0 Å². The molecule has 0 aliphatic heterocycles. The summed E-state index contributed by atoms with van der Waals surface area (Å²) in [6.45, 7) is 3.53. The van der Waals surface area contributed by atoms with Crippen LogP contribution in [0.3, 0.4) is 0 Å². The SMILES string of the molecule is CC(C)c1cnc(C#N)c(C(F)(F)F)c1. The van der Waals surface area contributed by atoms with Crippen molar-refractivity contribution >= 4 is 0 Å². The second-order valence-corrected chi connectivity index (χ2v) is 3.43. The molecule has 0 unspecified atom stereocenters. The molecule has 0 fully saturated rings. The average Bonchev–Trinajstić information content (AvgIpc) is 2.15. The van der Waals surface area contributed by atoms with Crippen molar-refractivity contribution in [2.75, 3.05) is 0 Å². The van der Waals surface area contributed by atoms with Crippen LogP contribution in [-0.4, -0.2) is 4.98 Å². The fourth-order valence-electron chi connectivity index (χ4n) is 1.10. The topological polar surface area (TPSA) is 36.7 Å².